The van der Waals surface area contributed by atoms with Crippen molar-refractivity contribution in [3.63, 3.8) is 0 Å². The highest BCUT2D eigenvalue weighted by Gasteiger charge is 2.22. The first-order chi connectivity index (χ1) is 13.9. The van der Waals surface area contributed by atoms with E-state index in [1.54, 1.807) is 23.7 Å². The van der Waals surface area contributed by atoms with E-state index in [-0.39, 0.29) is 0 Å². The smallest absolute Gasteiger partial charge is 0.187 e. The zero-order chi connectivity index (χ0) is 20.6. The van der Waals surface area contributed by atoms with Gasteiger partial charge in [-0.15, -0.1) is 11.3 Å². The van der Waals surface area contributed by atoms with Gasteiger partial charge in [0.2, 0.25) is 0 Å². The van der Waals surface area contributed by atoms with Crippen LogP contribution in [-0.2, 0) is 5.41 Å². The van der Waals surface area contributed by atoms with Crippen LogP contribution < -0.4 is 0 Å². The van der Waals surface area contributed by atoms with E-state index in [2.05, 4.69) is 34.2 Å². The van der Waals surface area contributed by atoms with Crippen molar-refractivity contribution >= 4 is 11.3 Å². The Labute approximate surface area is 172 Å². The first kappa shape index (κ1) is 19.0. The van der Waals surface area contributed by atoms with Crippen LogP contribution in [0.5, 0.6) is 0 Å². The maximum atomic E-state index is 9.40. The summed E-state index contributed by atoms with van der Waals surface area (Å²) in [6.45, 7) is 7.62. The highest BCUT2D eigenvalue weighted by atomic mass is 32.1. The second kappa shape index (κ2) is 7.22. The van der Waals surface area contributed by atoms with Crippen LogP contribution in [0.3, 0.4) is 0 Å². The fraction of sp³-hybridized carbons (Fsp3) is 0.227. The van der Waals surface area contributed by atoms with Gasteiger partial charge in [0.15, 0.2) is 5.76 Å². The summed E-state index contributed by atoms with van der Waals surface area (Å²) in [7, 11) is 0. The summed E-state index contributed by atoms with van der Waals surface area (Å²) in [5, 5.41) is 15.7. The van der Waals surface area contributed by atoms with E-state index in [9.17, 15) is 5.26 Å². The molecule has 0 radical (unpaired) electrons. The Bertz CT molecular complexity index is 1230. The minimum atomic E-state index is -0.685. The summed E-state index contributed by atoms with van der Waals surface area (Å²) in [6, 6.07) is 9.99. The van der Waals surface area contributed by atoms with Gasteiger partial charge in [-0.1, -0.05) is 5.16 Å². The summed E-state index contributed by atoms with van der Waals surface area (Å²) in [4.78, 5) is 14.7. The Morgan fingerprint density at radius 1 is 1.10 bits per heavy atom. The molecule has 0 unspecified atom stereocenters. The molecule has 0 aromatic carbocycles. The van der Waals surface area contributed by atoms with Gasteiger partial charge in [0.25, 0.3) is 0 Å². The molecule has 0 N–H and O–H groups in total. The highest BCUT2D eigenvalue weighted by molar-refractivity contribution is 7.13. The van der Waals surface area contributed by atoms with Gasteiger partial charge in [0, 0.05) is 17.8 Å². The third-order valence-corrected chi connectivity index (χ3v) is 5.81. The predicted molar refractivity (Wildman–Crippen MR) is 112 cm³/mol. The van der Waals surface area contributed by atoms with Crippen molar-refractivity contribution in [3.05, 3.63) is 59.0 Å². The van der Waals surface area contributed by atoms with Crippen molar-refractivity contribution in [2.45, 2.75) is 33.1 Å². The molecule has 7 heteroatoms. The van der Waals surface area contributed by atoms with Crippen LogP contribution in [0.25, 0.3) is 33.3 Å². The van der Waals surface area contributed by atoms with Gasteiger partial charge in [0.1, 0.15) is 11.4 Å². The molecule has 0 saturated carbocycles. The van der Waals surface area contributed by atoms with Gasteiger partial charge in [-0.2, -0.15) is 5.26 Å². The molecule has 0 bridgehead atoms. The molecular weight excluding hydrogens is 382 g/mol. The number of pyridine rings is 1. The normalized spacial score (nSPS) is 11.4. The molecule has 0 spiro atoms. The standard InChI is InChI=1S/C22H19N5OS/c1-13-6-8-29-21(13)16-10-18(28-27-16)20-14(2)25-11-17(26-20)15-5-7-24-19(9-15)22(3,4)12-23/h5-11H,1-4H3. The monoisotopic (exact) mass is 401 g/mol. The van der Waals surface area contributed by atoms with Crippen LogP contribution in [-0.4, -0.2) is 20.1 Å². The minimum absolute atomic E-state index is 0.575. The molecule has 6 nitrogen and oxygen atoms in total. The summed E-state index contributed by atoms with van der Waals surface area (Å²) < 4.78 is 5.60. The molecule has 0 fully saturated rings. The second-order valence-corrected chi connectivity index (χ2v) is 8.28. The van der Waals surface area contributed by atoms with Crippen molar-refractivity contribution in [3.8, 4) is 39.4 Å². The first-order valence-electron chi connectivity index (χ1n) is 9.12. The number of nitrogens with zero attached hydrogens (tertiary/aromatic N) is 5. The quantitative estimate of drug-likeness (QED) is 0.458. The Morgan fingerprint density at radius 2 is 1.93 bits per heavy atom. The topological polar surface area (TPSA) is 88.5 Å². The summed E-state index contributed by atoms with van der Waals surface area (Å²) in [5.41, 5.74) is 4.90. The van der Waals surface area contributed by atoms with Crippen molar-refractivity contribution in [2.24, 2.45) is 0 Å². The lowest BCUT2D eigenvalue weighted by Gasteiger charge is -2.15. The molecule has 4 aromatic heterocycles. The molecule has 0 aliphatic heterocycles. The first-order valence-corrected chi connectivity index (χ1v) is 10.0. The summed E-state index contributed by atoms with van der Waals surface area (Å²) in [6.07, 6.45) is 3.41. The SMILES string of the molecule is Cc1ccsc1-c1cc(-c2nc(-c3ccnc(C(C)(C)C#N)c3)cnc2C)on1. The Balaban J connectivity index is 1.75. The number of nitriles is 1. The van der Waals surface area contributed by atoms with Crippen LogP contribution in [0.2, 0.25) is 0 Å². The second-order valence-electron chi connectivity index (χ2n) is 7.36. The third kappa shape index (κ3) is 3.55. The largest absolute Gasteiger partial charge is 0.354 e. The van der Waals surface area contributed by atoms with E-state index >= 15 is 0 Å². The van der Waals surface area contributed by atoms with E-state index in [1.165, 1.54) is 0 Å². The summed E-state index contributed by atoms with van der Waals surface area (Å²) >= 11 is 1.63. The van der Waals surface area contributed by atoms with Crippen molar-refractivity contribution in [2.75, 3.05) is 0 Å². The van der Waals surface area contributed by atoms with Crippen LogP contribution in [0, 0.1) is 25.2 Å². The number of aromatic nitrogens is 4. The number of thiophene rings is 1. The van der Waals surface area contributed by atoms with E-state index < -0.39 is 5.41 Å². The molecule has 0 saturated heterocycles. The number of aryl methyl sites for hydroxylation is 2. The minimum Gasteiger partial charge on any atom is -0.354 e. The predicted octanol–water partition coefficient (Wildman–Crippen LogP) is 5.34. The van der Waals surface area contributed by atoms with Gasteiger partial charge >= 0.3 is 0 Å². The molecular formula is C22H19N5OS. The lowest BCUT2D eigenvalue weighted by Crippen LogP contribution is -2.15. The van der Waals surface area contributed by atoms with Crippen LogP contribution in [0.4, 0.5) is 0 Å². The lowest BCUT2D eigenvalue weighted by atomic mass is 9.90. The average molecular weight is 401 g/mol. The van der Waals surface area contributed by atoms with Gasteiger partial charge in [-0.05, 0) is 56.8 Å². The van der Waals surface area contributed by atoms with Crippen molar-refractivity contribution in [1.82, 2.24) is 20.1 Å². The van der Waals surface area contributed by atoms with Crippen molar-refractivity contribution in [1.29, 1.82) is 5.26 Å². The Kier molecular flexibility index (Phi) is 4.73. The molecule has 4 rings (SSSR count). The zero-order valence-corrected chi connectivity index (χ0v) is 17.4. The van der Waals surface area contributed by atoms with Crippen molar-refractivity contribution < 1.29 is 4.52 Å². The molecule has 0 amide bonds. The number of rotatable bonds is 4. The molecule has 0 aliphatic rings. The molecule has 144 valence electrons. The van der Waals surface area contributed by atoms with Gasteiger partial charge in [-0.25, -0.2) is 4.98 Å². The van der Waals surface area contributed by atoms with Gasteiger partial charge in [0.05, 0.1) is 39.6 Å². The van der Waals surface area contributed by atoms with Gasteiger partial charge < -0.3 is 4.52 Å². The maximum absolute atomic E-state index is 9.40. The fourth-order valence-corrected chi connectivity index (χ4v) is 3.82. The Hall–Kier alpha value is -3.37. The maximum Gasteiger partial charge on any atom is 0.187 e. The Morgan fingerprint density at radius 3 is 2.66 bits per heavy atom. The highest BCUT2D eigenvalue weighted by Crippen LogP contribution is 2.32. The fourth-order valence-electron chi connectivity index (χ4n) is 2.94. The molecule has 0 atom stereocenters. The van der Waals surface area contributed by atoms with E-state index in [0.29, 0.717) is 22.8 Å². The van der Waals surface area contributed by atoms with Crippen LogP contribution in [0.15, 0.2) is 46.6 Å². The third-order valence-electron chi connectivity index (χ3n) is 4.77. The zero-order valence-electron chi connectivity index (χ0n) is 16.6. The number of hydrogen-bond acceptors (Lipinski definition) is 7. The average Bonchev–Trinajstić information content (AvgIpc) is 3.37. The number of hydrogen-bond donors (Lipinski definition) is 0. The van der Waals surface area contributed by atoms with Crippen LogP contribution in [0.1, 0.15) is 30.8 Å². The van der Waals surface area contributed by atoms with E-state index in [0.717, 1.165) is 27.4 Å². The van der Waals surface area contributed by atoms with E-state index in [1.807, 2.05) is 44.4 Å². The molecule has 4 aromatic rings. The molecule has 4 heterocycles. The molecule has 29 heavy (non-hydrogen) atoms. The molecule has 0 aliphatic carbocycles. The van der Waals surface area contributed by atoms with E-state index in [4.69, 9.17) is 9.51 Å². The summed E-state index contributed by atoms with van der Waals surface area (Å²) in [5.74, 6) is 0.575. The van der Waals surface area contributed by atoms with Crippen LogP contribution >= 0.6 is 11.3 Å². The van der Waals surface area contributed by atoms with Gasteiger partial charge in [-0.3, -0.25) is 9.97 Å². The lowest BCUT2D eigenvalue weighted by molar-refractivity contribution is 0.433.